The number of hydrogen-bond donors (Lipinski definition) is 1. The second-order valence-corrected chi connectivity index (χ2v) is 15.5. The summed E-state index contributed by atoms with van der Waals surface area (Å²) in [6.45, 7) is 9.36. The van der Waals surface area contributed by atoms with Crippen LogP contribution in [-0.4, -0.2) is 43.8 Å². The smallest absolute Gasteiger partial charge is 0.116 e. The molecule has 2 aromatic carbocycles. The average molecular weight is 517 g/mol. The van der Waals surface area contributed by atoms with Gasteiger partial charge in [0.2, 0.25) is 0 Å². The Balaban J connectivity index is 0.000000553. The Morgan fingerprint density at radius 1 is 0.867 bits per heavy atom. The molecule has 0 fully saturated rings. The monoisotopic (exact) mass is 518 g/mol. The predicted molar refractivity (Wildman–Crippen MR) is 115 cm³/mol. The molecule has 2 rings (SSSR count). The Kier molecular flexibility index (Phi) is 11.1. The number of aliphatic hydroxyl groups is 1. The average Bonchev–Trinajstić information content (AvgIpc) is 2.66. The first-order valence-electron chi connectivity index (χ1n) is 10.0. The third kappa shape index (κ3) is 8.88. The van der Waals surface area contributed by atoms with Gasteiger partial charge in [-0.15, -0.1) is 0 Å². The molecule has 0 heterocycles. The van der Waals surface area contributed by atoms with Crippen LogP contribution in [0.3, 0.4) is 0 Å². The van der Waals surface area contributed by atoms with E-state index < -0.39 is 23.5 Å². The van der Waals surface area contributed by atoms with E-state index in [0.29, 0.717) is 11.1 Å². The van der Waals surface area contributed by atoms with E-state index >= 15 is 0 Å². The molecule has 2 aromatic rings. The third-order valence-corrected chi connectivity index (χ3v) is 8.29. The molecule has 2 atom stereocenters. The van der Waals surface area contributed by atoms with Crippen LogP contribution in [0, 0.1) is 5.92 Å². The zero-order chi connectivity index (χ0) is 22.7. The van der Waals surface area contributed by atoms with Gasteiger partial charge in [-0.3, -0.25) is 0 Å². The van der Waals surface area contributed by atoms with Crippen LogP contribution >= 0.6 is 0 Å². The van der Waals surface area contributed by atoms with Crippen LogP contribution in [0.1, 0.15) is 38.8 Å². The summed E-state index contributed by atoms with van der Waals surface area (Å²) in [5.41, 5.74) is -1.47. The van der Waals surface area contributed by atoms with Gasteiger partial charge >= 0.3 is 56.7 Å². The summed E-state index contributed by atoms with van der Waals surface area (Å²) in [6.07, 6.45) is -0.540. The molecule has 2 unspecified atom stereocenters. The molecule has 0 spiro atoms. The standard InChI is InChI=1S/C18H18O5.2C3H7.Sn/c19-16(20)15(11-13-7-3-1-4-8-13)18(23,17(21)22)12-14-9-5-2-6-10-14;2*1-3-2;/h1-10,15,23H,11-12H2,(H,19,20)(H,21,22);2*3H,1-2H3;/q;;;+2/p-2. The zero-order valence-electron chi connectivity index (χ0n) is 18.0. The SMILES string of the molecule is C[CH](C)[Sn+2][CH](C)C.O=C([O-])C(Cc1ccccc1)C(O)(Cc1ccccc1)C(=O)[O-]. The molecular formula is C24H30O5Sn. The largest absolute Gasteiger partial charge is 0.550 e. The van der Waals surface area contributed by atoms with Crippen molar-refractivity contribution in [2.45, 2.75) is 54.0 Å². The number of aliphatic carboxylic acids is 2. The van der Waals surface area contributed by atoms with Crippen LogP contribution in [-0.2, 0) is 22.4 Å². The van der Waals surface area contributed by atoms with Crippen LogP contribution in [0.25, 0.3) is 0 Å². The van der Waals surface area contributed by atoms with Crippen LogP contribution in [0.15, 0.2) is 60.7 Å². The van der Waals surface area contributed by atoms with E-state index in [9.17, 15) is 24.9 Å². The number of rotatable bonds is 9. The zero-order valence-corrected chi connectivity index (χ0v) is 20.9. The molecule has 0 radical (unpaired) electrons. The molecular weight excluding hydrogens is 487 g/mol. The molecule has 0 amide bonds. The first-order chi connectivity index (χ1) is 14.1. The van der Waals surface area contributed by atoms with Gasteiger partial charge in [-0.05, 0) is 17.5 Å². The van der Waals surface area contributed by atoms with Crippen molar-refractivity contribution in [3.05, 3.63) is 71.8 Å². The molecule has 0 aliphatic heterocycles. The number of benzene rings is 2. The molecule has 0 saturated carbocycles. The number of hydrogen-bond acceptors (Lipinski definition) is 5. The van der Waals surface area contributed by atoms with Gasteiger partial charge in [-0.25, -0.2) is 0 Å². The van der Waals surface area contributed by atoms with Crippen molar-refractivity contribution < 1.29 is 24.9 Å². The Labute approximate surface area is 189 Å². The summed E-state index contributed by atoms with van der Waals surface area (Å²) in [5, 5.41) is 33.5. The van der Waals surface area contributed by atoms with Gasteiger partial charge in [0.25, 0.3) is 0 Å². The van der Waals surface area contributed by atoms with E-state index in [0.717, 1.165) is 7.87 Å². The van der Waals surface area contributed by atoms with Crippen molar-refractivity contribution in [2.24, 2.45) is 5.92 Å². The summed E-state index contributed by atoms with van der Waals surface area (Å²) in [7, 11) is 0. The van der Waals surface area contributed by atoms with E-state index in [1.807, 2.05) is 0 Å². The van der Waals surface area contributed by atoms with E-state index in [1.165, 1.54) is 0 Å². The van der Waals surface area contributed by atoms with E-state index in [1.54, 1.807) is 60.7 Å². The fourth-order valence-corrected chi connectivity index (χ4v) is 7.01. The summed E-state index contributed by atoms with van der Waals surface area (Å²) in [5.74, 6) is -5.09. The van der Waals surface area contributed by atoms with Crippen molar-refractivity contribution in [3.8, 4) is 0 Å². The van der Waals surface area contributed by atoms with Crippen molar-refractivity contribution in [1.29, 1.82) is 0 Å². The fraction of sp³-hybridized carbons (Fsp3) is 0.417. The molecule has 0 aliphatic carbocycles. The van der Waals surface area contributed by atoms with Gasteiger partial charge in [0.1, 0.15) is 5.60 Å². The quantitative estimate of drug-likeness (QED) is 0.511. The van der Waals surface area contributed by atoms with Crippen molar-refractivity contribution in [3.63, 3.8) is 0 Å². The minimum atomic E-state index is -2.56. The molecule has 6 heteroatoms. The second-order valence-electron chi connectivity index (χ2n) is 7.91. The van der Waals surface area contributed by atoms with Crippen molar-refractivity contribution in [1.82, 2.24) is 0 Å². The van der Waals surface area contributed by atoms with Gasteiger partial charge < -0.3 is 24.9 Å². The van der Waals surface area contributed by atoms with Crippen LogP contribution < -0.4 is 10.2 Å². The van der Waals surface area contributed by atoms with Gasteiger partial charge in [0.15, 0.2) is 0 Å². The van der Waals surface area contributed by atoms with E-state index in [-0.39, 0.29) is 34.0 Å². The predicted octanol–water partition coefficient (Wildman–Crippen LogP) is 1.67. The molecule has 0 bridgehead atoms. The summed E-state index contributed by atoms with van der Waals surface area (Å²) in [6, 6.07) is 16.8. The Morgan fingerprint density at radius 3 is 1.63 bits per heavy atom. The minimum Gasteiger partial charge on any atom is -0.550 e. The molecule has 30 heavy (non-hydrogen) atoms. The van der Waals surface area contributed by atoms with Gasteiger partial charge in [-0.2, -0.15) is 0 Å². The molecule has 0 saturated heterocycles. The fourth-order valence-electron chi connectivity index (χ4n) is 3.21. The van der Waals surface area contributed by atoms with E-state index in [2.05, 4.69) is 27.7 Å². The molecule has 0 aliphatic rings. The van der Waals surface area contributed by atoms with Crippen molar-refractivity contribution in [2.75, 3.05) is 0 Å². The van der Waals surface area contributed by atoms with Gasteiger partial charge in [0, 0.05) is 18.3 Å². The maximum absolute atomic E-state index is 11.5. The van der Waals surface area contributed by atoms with Crippen LogP contribution in [0.4, 0.5) is 0 Å². The summed E-state index contributed by atoms with van der Waals surface area (Å²) >= 11 is 0.0389. The molecule has 5 nitrogen and oxygen atoms in total. The first kappa shape index (κ1) is 26.2. The van der Waals surface area contributed by atoms with E-state index in [4.69, 9.17) is 0 Å². The maximum Gasteiger partial charge on any atom is 0.116 e. The van der Waals surface area contributed by atoms with Gasteiger partial charge in [0.05, 0.1) is 5.97 Å². The normalized spacial score (nSPS) is 13.6. The Bertz CT molecular complexity index is 771. The summed E-state index contributed by atoms with van der Waals surface area (Å²) in [4.78, 5) is 23.0. The number of carboxylic acid groups (broad SMARTS) is 2. The summed E-state index contributed by atoms with van der Waals surface area (Å²) < 4.78 is 2.09. The Hall–Kier alpha value is -1.86. The van der Waals surface area contributed by atoms with Crippen LogP contribution in [0.5, 0.6) is 0 Å². The number of carbonyl (C=O) groups excluding carboxylic acids is 2. The molecule has 160 valence electrons. The van der Waals surface area contributed by atoms with Crippen LogP contribution in [0.2, 0.25) is 7.87 Å². The van der Waals surface area contributed by atoms with Crippen molar-refractivity contribution >= 4 is 33.1 Å². The number of carbonyl (C=O) groups is 2. The molecule has 0 aromatic heterocycles. The maximum atomic E-state index is 11.5. The minimum absolute atomic E-state index is 0.0389. The second kappa shape index (κ2) is 12.7. The third-order valence-electron chi connectivity index (χ3n) is 4.48. The number of carboxylic acids is 2. The van der Waals surface area contributed by atoms with Gasteiger partial charge in [-0.1, -0.05) is 60.7 Å². The topological polar surface area (TPSA) is 100 Å². The Morgan fingerprint density at radius 2 is 1.30 bits per heavy atom. The first-order valence-corrected chi connectivity index (χ1v) is 13.3. The molecule has 1 N–H and O–H groups in total.